The molecule has 2 aromatic heterocycles. The van der Waals surface area contributed by atoms with Crippen molar-refractivity contribution in [3.63, 3.8) is 0 Å². The van der Waals surface area contributed by atoms with E-state index in [1.165, 1.54) is 12.8 Å². The first-order valence-electron chi connectivity index (χ1n) is 8.73. The second kappa shape index (κ2) is 6.50. The zero-order chi connectivity index (χ0) is 16.6. The summed E-state index contributed by atoms with van der Waals surface area (Å²) in [5.74, 6) is 0.914. The average molecular weight is 347 g/mol. The summed E-state index contributed by atoms with van der Waals surface area (Å²) >= 11 is 1.80. The number of nitrogens with zero attached hydrogens (tertiary/aromatic N) is 4. The third-order valence-corrected chi connectivity index (χ3v) is 6.23. The minimum Gasteiger partial charge on any atom is -0.355 e. The molecule has 0 aromatic carbocycles. The van der Waals surface area contributed by atoms with Crippen LogP contribution in [0.25, 0.3) is 11.2 Å². The lowest BCUT2D eigenvalue weighted by Crippen LogP contribution is -2.48. The maximum Gasteiger partial charge on any atom is 0.177 e. The molecule has 4 N–H and O–H groups in total. The monoisotopic (exact) mass is 347 g/mol. The smallest absolute Gasteiger partial charge is 0.177 e. The Hall–Kier alpha value is -1.38. The second-order valence-electron chi connectivity index (χ2n) is 7.18. The topological polar surface area (TPSA) is 95.7 Å². The van der Waals surface area contributed by atoms with Crippen LogP contribution >= 0.6 is 11.8 Å². The van der Waals surface area contributed by atoms with Gasteiger partial charge in [0.1, 0.15) is 16.4 Å². The molecule has 0 aliphatic carbocycles. The predicted molar refractivity (Wildman–Crippen MR) is 97.5 cm³/mol. The van der Waals surface area contributed by atoms with Gasteiger partial charge in [-0.3, -0.25) is 5.10 Å². The van der Waals surface area contributed by atoms with Crippen molar-refractivity contribution in [1.82, 2.24) is 25.5 Å². The van der Waals surface area contributed by atoms with Crippen molar-refractivity contribution in [2.45, 2.75) is 48.4 Å². The average Bonchev–Trinajstić information content (AvgIpc) is 2.98. The Kier molecular flexibility index (Phi) is 4.36. The molecule has 1 unspecified atom stereocenters. The van der Waals surface area contributed by atoms with E-state index in [1.807, 2.05) is 6.20 Å². The fraction of sp³-hybridized carbons (Fsp3) is 0.688. The number of H-pyrrole nitrogens is 1. The summed E-state index contributed by atoms with van der Waals surface area (Å²) in [5.41, 5.74) is 7.82. The molecule has 2 saturated heterocycles. The van der Waals surface area contributed by atoms with E-state index in [4.69, 9.17) is 10.7 Å². The molecular weight excluding hydrogens is 322 g/mol. The van der Waals surface area contributed by atoms with Gasteiger partial charge in [-0.1, -0.05) is 11.8 Å². The van der Waals surface area contributed by atoms with Gasteiger partial charge in [0.05, 0.1) is 6.20 Å². The standard InChI is InChI=1S/C16H25N7S/c1-16(17)4-7-23(8-5-16)12-10-19-13-14(20-12)21-22-15(13)24-11-3-2-6-18-9-11/h10-11,18H,2-9,17H2,1H3,(H,20,21,22). The molecule has 2 fully saturated rings. The van der Waals surface area contributed by atoms with Crippen LogP contribution in [0.3, 0.4) is 0 Å². The zero-order valence-corrected chi connectivity index (χ0v) is 14.9. The fourth-order valence-corrected chi connectivity index (χ4v) is 4.49. The summed E-state index contributed by atoms with van der Waals surface area (Å²) < 4.78 is 0. The van der Waals surface area contributed by atoms with Crippen molar-refractivity contribution in [2.24, 2.45) is 5.73 Å². The van der Waals surface area contributed by atoms with Gasteiger partial charge in [0.2, 0.25) is 0 Å². The van der Waals surface area contributed by atoms with Gasteiger partial charge in [-0.15, -0.1) is 0 Å². The lowest BCUT2D eigenvalue weighted by molar-refractivity contribution is 0.363. The van der Waals surface area contributed by atoms with E-state index < -0.39 is 0 Å². The van der Waals surface area contributed by atoms with E-state index in [9.17, 15) is 0 Å². The lowest BCUT2D eigenvalue weighted by Gasteiger charge is -2.37. The highest BCUT2D eigenvalue weighted by Crippen LogP contribution is 2.31. The van der Waals surface area contributed by atoms with Crippen LogP contribution in [0.2, 0.25) is 0 Å². The number of anilines is 1. The fourth-order valence-electron chi connectivity index (χ4n) is 3.33. The largest absolute Gasteiger partial charge is 0.355 e. The normalized spacial score (nSPS) is 24.4. The highest BCUT2D eigenvalue weighted by atomic mass is 32.2. The summed E-state index contributed by atoms with van der Waals surface area (Å²) in [4.78, 5) is 11.6. The predicted octanol–water partition coefficient (Wildman–Crippen LogP) is 1.51. The van der Waals surface area contributed by atoms with E-state index in [0.29, 0.717) is 5.25 Å². The highest BCUT2D eigenvalue weighted by Gasteiger charge is 2.27. The SMILES string of the molecule is CC1(N)CCN(c2cnc3c(SC4CCCNC4)n[nH]c3n2)CC1. The summed E-state index contributed by atoms with van der Waals surface area (Å²) in [6.45, 7) is 6.14. The molecule has 130 valence electrons. The van der Waals surface area contributed by atoms with Gasteiger partial charge < -0.3 is 16.0 Å². The number of rotatable bonds is 3. The summed E-state index contributed by atoms with van der Waals surface area (Å²) in [6.07, 6.45) is 6.28. The van der Waals surface area contributed by atoms with E-state index in [-0.39, 0.29) is 5.54 Å². The summed E-state index contributed by atoms with van der Waals surface area (Å²) in [6, 6.07) is 0. The Bertz CT molecular complexity index is 698. The number of nitrogens with one attached hydrogen (secondary N) is 2. The van der Waals surface area contributed by atoms with Crippen LogP contribution in [0.5, 0.6) is 0 Å². The maximum atomic E-state index is 6.21. The molecule has 2 aliphatic rings. The number of thioether (sulfide) groups is 1. The molecule has 2 aliphatic heterocycles. The molecule has 4 heterocycles. The number of aromatic amines is 1. The molecule has 0 spiro atoms. The van der Waals surface area contributed by atoms with Crippen LogP contribution < -0.4 is 16.0 Å². The quantitative estimate of drug-likeness (QED) is 0.774. The van der Waals surface area contributed by atoms with Gasteiger partial charge in [0.15, 0.2) is 5.65 Å². The van der Waals surface area contributed by atoms with Crippen molar-refractivity contribution in [2.75, 3.05) is 31.1 Å². The molecule has 1 atom stereocenters. The number of hydrogen-bond acceptors (Lipinski definition) is 7. The van der Waals surface area contributed by atoms with Crippen LogP contribution in [0, 0.1) is 0 Å². The zero-order valence-electron chi connectivity index (χ0n) is 14.1. The highest BCUT2D eigenvalue weighted by molar-refractivity contribution is 8.00. The molecule has 24 heavy (non-hydrogen) atoms. The van der Waals surface area contributed by atoms with E-state index in [1.54, 1.807) is 11.8 Å². The minimum absolute atomic E-state index is 0.0557. The van der Waals surface area contributed by atoms with Crippen LogP contribution in [0.1, 0.15) is 32.6 Å². The van der Waals surface area contributed by atoms with Gasteiger partial charge in [-0.2, -0.15) is 5.10 Å². The third-order valence-electron chi connectivity index (χ3n) is 4.99. The van der Waals surface area contributed by atoms with Gasteiger partial charge in [-0.25, -0.2) is 9.97 Å². The first-order chi connectivity index (χ1) is 11.6. The summed E-state index contributed by atoms with van der Waals surface area (Å²) in [5, 5.41) is 12.5. The first-order valence-corrected chi connectivity index (χ1v) is 9.61. The van der Waals surface area contributed by atoms with Crippen molar-refractivity contribution in [3.8, 4) is 0 Å². The van der Waals surface area contributed by atoms with E-state index in [0.717, 1.165) is 61.0 Å². The van der Waals surface area contributed by atoms with Crippen molar-refractivity contribution < 1.29 is 0 Å². The van der Waals surface area contributed by atoms with Crippen LogP contribution in [0.4, 0.5) is 5.82 Å². The molecule has 7 nitrogen and oxygen atoms in total. The Morgan fingerprint density at radius 1 is 1.38 bits per heavy atom. The number of fused-ring (bicyclic) bond motifs is 1. The number of nitrogens with two attached hydrogens (primary N) is 1. The minimum atomic E-state index is -0.0557. The maximum absolute atomic E-state index is 6.21. The van der Waals surface area contributed by atoms with Crippen LogP contribution in [-0.4, -0.2) is 57.1 Å². The number of piperidine rings is 2. The van der Waals surface area contributed by atoms with E-state index >= 15 is 0 Å². The molecule has 0 saturated carbocycles. The second-order valence-corrected chi connectivity index (χ2v) is 8.47. The molecule has 4 rings (SSSR count). The Balaban J connectivity index is 1.50. The van der Waals surface area contributed by atoms with Crippen molar-refractivity contribution >= 4 is 28.7 Å². The van der Waals surface area contributed by atoms with Gasteiger partial charge >= 0.3 is 0 Å². The van der Waals surface area contributed by atoms with Gasteiger partial charge in [0.25, 0.3) is 0 Å². The van der Waals surface area contributed by atoms with Gasteiger partial charge in [-0.05, 0) is 39.2 Å². The summed E-state index contributed by atoms with van der Waals surface area (Å²) in [7, 11) is 0. The van der Waals surface area contributed by atoms with E-state index in [2.05, 4.69) is 32.3 Å². The van der Waals surface area contributed by atoms with Gasteiger partial charge in [0, 0.05) is 30.4 Å². The third kappa shape index (κ3) is 3.36. The van der Waals surface area contributed by atoms with Crippen molar-refractivity contribution in [1.29, 1.82) is 0 Å². The Labute approximate surface area is 146 Å². The Morgan fingerprint density at radius 3 is 2.96 bits per heavy atom. The van der Waals surface area contributed by atoms with Crippen molar-refractivity contribution in [3.05, 3.63) is 6.20 Å². The molecule has 2 aromatic rings. The van der Waals surface area contributed by atoms with Crippen LogP contribution in [0.15, 0.2) is 11.2 Å². The number of aromatic nitrogens is 4. The Morgan fingerprint density at radius 2 is 2.21 bits per heavy atom. The first kappa shape index (κ1) is 16.1. The molecule has 0 radical (unpaired) electrons. The van der Waals surface area contributed by atoms with Crippen LogP contribution in [-0.2, 0) is 0 Å². The molecule has 0 amide bonds. The lowest BCUT2D eigenvalue weighted by atomic mass is 9.91. The molecular formula is C16H25N7S. The number of hydrogen-bond donors (Lipinski definition) is 3. The molecule has 0 bridgehead atoms. The molecule has 8 heteroatoms.